The smallest absolute Gasteiger partial charge is 0.109 e. The van der Waals surface area contributed by atoms with Gasteiger partial charge in [0.15, 0.2) is 0 Å². The number of benzene rings is 2. The number of nitriles is 1. The van der Waals surface area contributed by atoms with Gasteiger partial charge in [0.05, 0.1) is 40.7 Å². The van der Waals surface area contributed by atoms with Gasteiger partial charge in [0.25, 0.3) is 0 Å². The third-order valence-corrected chi connectivity index (χ3v) is 10.0. The zero-order valence-corrected chi connectivity index (χ0v) is 28.1. The lowest BCUT2D eigenvalue weighted by Gasteiger charge is -2.40. The van der Waals surface area contributed by atoms with Gasteiger partial charge in [-0.05, 0) is 83.2 Å². The molecule has 3 heterocycles. The lowest BCUT2D eigenvalue weighted by Crippen LogP contribution is -2.46. The summed E-state index contributed by atoms with van der Waals surface area (Å²) >= 11 is 13.1. The molecule has 2 aromatic heterocycles. The summed E-state index contributed by atoms with van der Waals surface area (Å²) in [5.41, 5.74) is 4.64. The Morgan fingerprint density at radius 3 is 2.40 bits per heavy atom. The quantitative estimate of drug-likeness (QED) is 0.208. The van der Waals surface area contributed by atoms with Crippen LogP contribution in [-0.2, 0) is 0 Å². The summed E-state index contributed by atoms with van der Waals surface area (Å²) in [5.74, 6) is 0. The number of hydrogen-bond donors (Lipinski definition) is 2. The molecule has 1 saturated carbocycles. The first kappa shape index (κ1) is 31.6. The maximum absolute atomic E-state index is 10.0. The molecule has 1 aliphatic carbocycles. The van der Waals surface area contributed by atoms with Gasteiger partial charge in [-0.15, -0.1) is 5.10 Å². The van der Waals surface area contributed by atoms with Crippen LogP contribution in [0.1, 0.15) is 102 Å². The number of pyridine rings is 1. The van der Waals surface area contributed by atoms with Gasteiger partial charge in [-0.3, -0.25) is 9.88 Å². The summed E-state index contributed by atoms with van der Waals surface area (Å²) < 4.78 is 2.03. The van der Waals surface area contributed by atoms with Gasteiger partial charge in [0.1, 0.15) is 11.8 Å². The average molecular weight is 646 g/mol. The molecule has 2 aromatic carbocycles. The van der Waals surface area contributed by atoms with E-state index in [2.05, 4.69) is 65.8 Å². The molecular formula is C35H42Cl2N8. The molecule has 2 fully saturated rings. The summed E-state index contributed by atoms with van der Waals surface area (Å²) in [6.45, 7) is 11.1. The molecule has 236 valence electrons. The molecule has 1 saturated heterocycles. The zero-order chi connectivity index (χ0) is 31.8. The lowest BCUT2D eigenvalue weighted by atomic mass is 9.83. The van der Waals surface area contributed by atoms with Crippen LogP contribution in [0.15, 0.2) is 48.8 Å². The van der Waals surface area contributed by atoms with Gasteiger partial charge in [0.2, 0.25) is 0 Å². The number of piperidine rings is 1. The Morgan fingerprint density at radius 2 is 1.73 bits per heavy atom. The van der Waals surface area contributed by atoms with Gasteiger partial charge in [-0.2, -0.15) is 5.26 Å². The minimum atomic E-state index is -0.336. The highest BCUT2D eigenvalue weighted by Crippen LogP contribution is 2.40. The number of hydrogen-bond acceptors (Lipinski definition) is 7. The fourth-order valence-electron chi connectivity index (χ4n) is 6.90. The van der Waals surface area contributed by atoms with Crippen LogP contribution >= 0.6 is 23.2 Å². The molecule has 1 atom stereocenters. The molecule has 2 N–H and O–H groups in total. The zero-order valence-electron chi connectivity index (χ0n) is 26.6. The second-order valence-electron chi connectivity index (χ2n) is 13.9. The maximum Gasteiger partial charge on any atom is 0.109 e. The highest BCUT2D eigenvalue weighted by molar-refractivity contribution is 6.32. The Bertz CT molecular complexity index is 1690. The van der Waals surface area contributed by atoms with Crippen molar-refractivity contribution in [2.24, 2.45) is 0 Å². The molecule has 0 spiro atoms. The van der Waals surface area contributed by atoms with E-state index in [0.717, 1.165) is 72.3 Å². The molecule has 4 aromatic rings. The van der Waals surface area contributed by atoms with Crippen LogP contribution < -0.4 is 10.6 Å². The number of anilines is 2. The van der Waals surface area contributed by atoms with Crippen LogP contribution in [0.3, 0.4) is 0 Å². The van der Waals surface area contributed by atoms with Crippen molar-refractivity contribution in [3.8, 4) is 6.07 Å². The number of aromatic nitrogens is 4. The van der Waals surface area contributed by atoms with E-state index in [1.54, 1.807) is 6.20 Å². The molecule has 0 unspecified atom stereocenters. The number of fused-ring (bicyclic) bond motifs is 1. The van der Waals surface area contributed by atoms with Crippen LogP contribution in [0.2, 0.25) is 10.0 Å². The molecular weight excluding hydrogens is 603 g/mol. The SMILES string of the molecule is CC1(Nc2c(C#N)cnc3c(N[C@@H](c4ccc(Cl)cc4)c4cn(C5CCN(C(C)(C)C)CC5)nn4)cc(Cl)cc23)CCCCC1. The summed E-state index contributed by atoms with van der Waals surface area (Å²) in [7, 11) is 0. The van der Waals surface area contributed by atoms with Crippen molar-refractivity contribution in [3.05, 3.63) is 75.7 Å². The molecule has 0 amide bonds. The Morgan fingerprint density at radius 1 is 1.02 bits per heavy atom. The normalized spacial score (nSPS) is 18.4. The first-order valence-electron chi connectivity index (χ1n) is 16.0. The standard InChI is InChI=1S/C35H42Cl2N8/c1-34(2,3)44-16-12-27(13-17-44)45-22-30(42-43-45)32(23-8-10-25(36)11-9-23)40-29-19-26(37)18-28-31(24(20-38)21-39-33(28)29)41-35(4)14-6-5-7-15-35/h8-11,18-19,21-22,27,32,40H,5-7,12-17H2,1-4H3,(H,39,41)/t32-/m0/s1. The van der Waals surface area contributed by atoms with Crippen molar-refractivity contribution in [1.82, 2.24) is 24.9 Å². The van der Waals surface area contributed by atoms with Gasteiger partial charge < -0.3 is 10.6 Å². The lowest BCUT2D eigenvalue weighted by molar-refractivity contribution is 0.0866. The van der Waals surface area contributed by atoms with Crippen molar-refractivity contribution in [2.45, 2.75) is 95.8 Å². The molecule has 6 rings (SSSR count). The van der Waals surface area contributed by atoms with E-state index in [1.165, 1.54) is 19.3 Å². The van der Waals surface area contributed by atoms with Gasteiger partial charge in [0, 0.05) is 45.8 Å². The van der Waals surface area contributed by atoms with E-state index in [4.69, 9.17) is 28.2 Å². The topological polar surface area (TPSA) is 94.7 Å². The van der Waals surface area contributed by atoms with Crippen LogP contribution in [0.5, 0.6) is 0 Å². The highest BCUT2D eigenvalue weighted by Gasteiger charge is 2.31. The van der Waals surface area contributed by atoms with E-state index in [0.29, 0.717) is 21.7 Å². The second kappa shape index (κ2) is 12.8. The number of rotatable bonds is 7. The van der Waals surface area contributed by atoms with Crippen molar-refractivity contribution in [1.29, 1.82) is 5.26 Å². The molecule has 2 aliphatic rings. The van der Waals surface area contributed by atoms with Crippen LogP contribution in [0.4, 0.5) is 11.4 Å². The minimum absolute atomic E-state index is 0.0958. The van der Waals surface area contributed by atoms with E-state index in [1.807, 2.05) is 41.1 Å². The van der Waals surface area contributed by atoms with Gasteiger partial charge >= 0.3 is 0 Å². The summed E-state index contributed by atoms with van der Waals surface area (Å²) in [4.78, 5) is 7.31. The predicted molar refractivity (Wildman–Crippen MR) is 183 cm³/mol. The first-order valence-corrected chi connectivity index (χ1v) is 16.8. The minimum Gasteiger partial charge on any atom is -0.378 e. The fourth-order valence-corrected chi connectivity index (χ4v) is 7.24. The number of likely N-dealkylation sites (tertiary alicyclic amines) is 1. The van der Waals surface area contributed by atoms with Crippen molar-refractivity contribution >= 4 is 45.5 Å². The second-order valence-corrected chi connectivity index (χ2v) is 14.8. The average Bonchev–Trinajstić information content (AvgIpc) is 3.51. The molecule has 10 heteroatoms. The van der Waals surface area contributed by atoms with Crippen molar-refractivity contribution in [2.75, 3.05) is 23.7 Å². The van der Waals surface area contributed by atoms with Gasteiger partial charge in [-0.1, -0.05) is 59.8 Å². The first-order chi connectivity index (χ1) is 21.5. The number of nitrogens with one attached hydrogen (secondary N) is 2. The number of nitrogens with zero attached hydrogens (tertiary/aromatic N) is 6. The van der Waals surface area contributed by atoms with Crippen molar-refractivity contribution < 1.29 is 0 Å². The summed E-state index contributed by atoms with van der Waals surface area (Å²) in [6.07, 6.45) is 11.5. The van der Waals surface area contributed by atoms with E-state index < -0.39 is 0 Å². The molecule has 8 nitrogen and oxygen atoms in total. The van der Waals surface area contributed by atoms with E-state index >= 15 is 0 Å². The summed E-state index contributed by atoms with van der Waals surface area (Å²) in [5, 5.41) is 28.9. The largest absolute Gasteiger partial charge is 0.378 e. The van der Waals surface area contributed by atoms with Crippen LogP contribution in [-0.4, -0.2) is 49.0 Å². The molecule has 0 bridgehead atoms. The Labute approximate surface area is 276 Å². The third-order valence-electron chi connectivity index (χ3n) is 9.55. The van der Waals surface area contributed by atoms with E-state index in [9.17, 15) is 5.26 Å². The maximum atomic E-state index is 10.0. The van der Waals surface area contributed by atoms with E-state index in [-0.39, 0.29) is 17.1 Å². The Hall–Kier alpha value is -3.38. The number of halogens is 2. The van der Waals surface area contributed by atoms with Crippen molar-refractivity contribution in [3.63, 3.8) is 0 Å². The third kappa shape index (κ3) is 6.91. The molecule has 45 heavy (non-hydrogen) atoms. The molecule has 1 aliphatic heterocycles. The molecule has 0 radical (unpaired) electrons. The van der Waals surface area contributed by atoms with Gasteiger partial charge in [-0.25, -0.2) is 4.68 Å². The monoisotopic (exact) mass is 644 g/mol. The predicted octanol–water partition coefficient (Wildman–Crippen LogP) is 8.78. The van der Waals surface area contributed by atoms with Crippen LogP contribution in [0, 0.1) is 11.3 Å². The highest BCUT2D eigenvalue weighted by atomic mass is 35.5. The summed E-state index contributed by atoms with van der Waals surface area (Å²) in [6, 6.07) is 13.9. The van der Waals surface area contributed by atoms with Crippen LogP contribution in [0.25, 0.3) is 10.9 Å². The Kier molecular flexibility index (Phi) is 8.98. The fraction of sp³-hybridized carbons (Fsp3) is 0.486. The Balaban J connectivity index is 1.36.